The Balaban J connectivity index is 1.87. The van der Waals surface area contributed by atoms with Gasteiger partial charge in [0.15, 0.2) is 0 Å². The molecule has 1 heterocycles. The third-order valence-electron chi connectivity index (χ3n) is 2.16. The summed E-state index contributed by atoms with van der Waals surface area (Å²) in [5, 5.41) is 3.91. The van der Waals surface area contributed by atoms with Gasteiger partial charge in [0.05, 0.1) is 0 Å². The molecule has 5 heteroatoms. The molecule has 3 nitrogen and oxygen atoms in total. The van der Waals surface area contributed by atoms with Crippen LogP contribution in [0, 0.1) is 12.7 Å². The predicted octanol–water partition coefficient (Wildman–Crippen LogP) is 2.64. The number of aryl methyl sites for hydroxylation is 1. The first-order valence-electron chi connectivity index (χ1n) is 5.03. The second-order valence-electron chi connectivity index (χ2n) is 3.41. The highest BCUT2D eigenvalue weighted by atomic mass is 32.1. The highest BCUT2D eigenvalue weighted by Gasteiger charge is 2.02. The van der Waals surface area contributed by atoms with Crippen molar-refractivity contribution >= 4 is 16.7 Å². The van der Waals surface area contributed by atoms with Crippen LogP contribution in [0.5, 0.6) is 0 Å². The first-order valence-corrected chi connectivity index (χ1v) is 5.80. The maximum absolute atomic E-state index is 13.3. The summed E-state index contributed by atoms with van der Waals surface area (Å²) in [4.78, 5) is 4.17. The molecule has 1 aromatic heterocycles. The number of rotatable bonds is 4. The molecule has 0 spiro atoms. The van der Waals surface area contributed by atoms with E-state index in [4.69, 9.17) is 0 Å². The van der Waals surface area contributed by atoms with E-state index >= 15 is 0 Å². The van der Waals surface area contributed by atoms with Crippen LogP contribution >= 0.6 is 11.5 Å². The summed E-state index contributed by atoms with van der Waals surface area (Å²) in [6.45, 7) is 2.51. The fourth-order valence-electron chi connectivity index (χ4n) is 1.37. The van der Waals surface area contributed by atoms with Gasteiger partial charge in [0.1, 0.15) is 11.6 Å². The largest absolute Gasteiger partial charge is 0.360 e. The number of aromatic nitrogens is 2. The summed E-state index contributed by atoms with van der Waals surface area (Å²) in [7, 11) is 0. The van der Waals surface area contributed by atoms with E-state index < -0.39 is 0 Å². The second-order valence-corrected chi connectivity index (χ2v) is 4.17. The van der Waals surface area contributed by atoms with Gasteiger partial charge < -0.3 is 5.32 Å². The molecule has 0 saturated carbocycles. The Bertz CT molecular complexity index is 470. The van der Waals surface area contributed by atoms with Crippen molar-refractivity contribution in [1.29, 1.82) is 0 Å². The molecule has 0 amide bonds. The van der Waals surface area contributed by atoms with E-state index in [1.54, 1.807) is 12.1 Å². The number of nitrogens with zero attached hydrogens (tertiary/aromatic N) is 2. The van der Waals surface area contributed by atoms with Crippen molar-refractivity contribution < 1.29 is 4.39 Å². The topological polar surface area (TPSA) is 37.8 Å². The summed E-state index contributed by atoms with van der Waals surface area (Å²) in [6.07, 6.45) is 0.644. The molecule has 0 radical (unpaired) electrons. The molecule has 0 aliphatic heterocycles. The number of hydrogen-bond donors (Lipinski definition) is 1. The lowest BCUT2D eigenvalue weighted by Crippen LogP contribution is -2.05. The Labute approximate surface area is 97.5 Å². The van der Waals surface area contributed by atoms with Crippen molar-refractivity contribution in [3.63, 3.8) is 0 Å². The van der Waals surface area contributed by atoms with E-state index in [0.717, 1.165) is 16.5 Å². The minimum Gasteiger partial charge on any atom is -0.360 e. The van der Waals surface area contributed by atoms with Crippen LogP contribution in [0.4, 0.5) is 9.52 Å². The maximum atomic E-state index is 13.3. The molecular formula is C11H12FN3S. The molecule has 84 valence electrons. The Hall–Kier alpha value is -1.49. The smallest absolute Gasteiger partial charge is 0.202 e. The lowest BCUT2D eigenvalue weighted by Gasteiger charge is -2.03. The van der Waals surface area contributed by atoms with Gasteiger partial charge in [-0.25, -0.2) is 9.37 Å². The van der Waals surface area contributed by atoms with E-state index in [0.29, 0.717) is 13.0 Å². The summed E-state index contributed by atoms with van der Waals surface area (Å²) in [5.41, 5.74) is 0.719. The zero-order chi connectivity index (χ0) is 11.4. The standard InChI is InChI=1S/C11H12FN3S/c1-8-14-11(16-15-8)13-7-6-9-4-2-3-5-10(9)12/h2-5H,6-7H2,1H3,(H,13,14,15). The van der Waals surface area contributed by atoms with Crippen molar-refractivity contribution in [2.24, 2.45) is 0 Å². The minimum atomic E-state index is -0.155. The van der Waals surface area contributed by atoms with Gasteiger partial charge in [0, 0.05) is 18.1 Å². The minimum absolute atomic E-state index is 0.155. The quantitative estimate of drug-likeness (QED) is 0.888. The van der Waals surface area contributed by atoms with Gasteiger partial charge in [0.2, 0.25) is 5.13 Å². The van der Waals surface area contributed by atoms with Gasteiger partial charge in [-0.2, -0.15) is 4.37 Å². The summed E-state index contributed by atoms with van der Waals surface area (Å²) < 4.78 is 17.3. The Morgan fingerprint density at radius 3 is 2.88 bits per heavy atom. The average Bonchev–Trinajstić information content (AvgIpc) is 2.67. The number of benzene rings is 1. The first-order chi connectivity index (χ1) is 7.75. The third-order valence-corrected chi connectivity index (χ3v) is 2.92. The summed E-state index contributed by atoms with van der Waals surface area (Å²) in [5.74, 6) is 0.608. The third kappa shape index (κ3) is 2.76. The lowest BCUT2D eigenvalue weighted by atomic mass is 10.1. The van der Waals surface area contributed by atoms with E-state index in [-0.39, 0.29) is 5.82 Å². The zero-order valence-electron chi connectivity index (χ0n) is 8.90. The Kier molecular flexibility index (Phi) is 3.46. The van der Waals surface area contributed by atoms with Crippen LogP contribution in [0.3, 0.4) is 0 Å². The SMILES string of the molecule is Cc1nsc(NCCc2ccccc2F)n1. The predicted molar refractivity (Wildman–Crippen MR) is 63.2 cm³/mol. The van der Waals surface area contributed by atoms with Gasteiger partial charge in [-0.15, -0.1) is 0 Å². The molecular weight excluding hydrogens is 225 g/mol. The monoisotopic (exact) mass is 237 g/mol. The number of anilines is 1. The molecule has 0 aliphatic rings. The molecule has 1 N–H and O–H groups in total. The Morgan fingerprint density at radius 1 is 1.38 bits per heavy atom. The van der Waals surface area contributed by atoms with E-state index in [9.17, 15) is 4.39 Å². The molecule has 2 aromatic rings. The molecule has 0 saturated heterocycles. The van der Waals surface area contributed by atoms with Gasteiger partial charge in [0.25, 0.3) is 0 Å². The number of nitrogens with one attached hydrogen (secondary N) is 1. The van der Waals surface area contributed by atoms with Crippen LogP contribution in [0.15, 0.2) is 24.3 Å². The fraction of sp³-hybridized carbons (Fsp3) is 0.273. The van der Waals surface area contributed by atoms with E-state index in [1.165, 1.54) is 17.6 Å². The summed E-state index contributed by atoms with van der Waals surface area (Å²) >= 11 is 1.32. The highest BCUT2D eigenvalue weighted by Crippen LogP contribution is 2.11. The van der Waals surface area contributed by atoms with E-state index in [1.807, 2.05) is 13.0 Å². The van der Waals surface area contributed by atoms with Crippen molar-refractivity contribution in [1.82, 2.24) is 9.36 Å². The van der Waals surface area contributed by atoms with E-state index in [2.05, 4.69) is 14.7 Å². The van der Waals surface area contributed by atoms with Crippen molar-refractivity contribution in [2.75, 3.05) is 11.9 Å². The first kappa shape index (κ1) is 11.0. The number of halogens is 1. The highest BCUT2D eigenvalue weighted by molar-refractivity contribution is 7.09. The van der Waals surface area contributed by atoms with Crippen molar-refractivity contribution in [3.8, 4) is 0 Å². The van der Waals surface area contributed by atoms with Gasteiger partial charge in [-0.05, 0) is 25.0 Å². The molecule has 2 rings (SSSR count). The van der Waals surface area contributed by atoms with Gasteiger partial charge in [-0.1, -0.05) is 18.2 Å². The van der Waals surface area contributed by atoms with Crippen LogP contribution < -0.4 is 5.32 Å². The van der Waals surface area contributed by atoms with Crippen LogP contribution in [0.2, 0.25) is 0 Å². The fourth-order valence-corrected chi connectivity index (χ4v) is 1.97. The normalized spacial score (nSPS) is 10.4. The lowest BCUT2D eigenvalue weighted by molar-refractivity contribution is 0.610. The number of hydrogen-bond acceptors (Lipinski definition) is 4. The maximum Gasteiger partial charge on any atom is 0.202 e. The molecule has 0 bridgehead atoms. The van der Waals surface area contributed by atoms with Crippen molar-refractivity contribution in [2.45, 2.75) is 13.3 Å². The molecule has 0 atom stereocenters. The molecule has 0 fully saturated rings. The second kappa shape index (κ2) is 5.03. The zero-order valence-corrected chi connectivity index (χ0v) is 9.72. The molecule has 0 unspecified atom stereocenters. The molecule has 16 heavy (non-hydrogen) atoms. The van der Waals surface area contributed by atoms with Crippen molar-refractivity contribution in [3.05, 3.63) is 41.5 Å². The molecule has 0 aliphatic carbocycles. The van der Waals surface area contributed by atoms with Gasteiger partial charge in [-0.3, -0.25) is 0 Å². The van der Waals surface area contributed by atoms with Crippen LogP contribution in [0.1, 0.15) is 11.4 Å². The molecule has 1 aromatic carbocycles. The van der Waals surface area contributed by atoms with Crippen LogP contribution in [-0.4, -0.2) is 15.9 Å². The average molecular weight is 237 g/mol. The van der Waals surface area contributed by atoms with Crippen LogP contribution in [0.25, 0.3) is 0 Å². The van der Waals surface area contributed by atoms with Crippen LogP contribution in [-0.2, 0) is 6.42 Å². The summed E-state index contributed by atoms with van der Waals surface area (Å²) in [6, 6.07) is 6.81. The van der Waals surface area contributed by atoms with Gasteiger partial charge >= 0.3 is 0 Å². The Morgan fingerprint density at radius 2 is 2.19 bits per heavy atom.